The van der Waals surface area contributed by atoms with Crippen LogP contribution in [0.25, 0.3) is 0 Å². The Morgan fingerprint density at radius 1 is 1.08 bits per heavy atom. The molecule has 1 nitrogen and oxygen atoms in total. The maximum Gasteiger partial charge on any atom is 0.123 e. The summed E-state index contributed by atoms with van der Waals surface area (Å²) in [7, 11) is 0. The minimum Gasteiger partial charge on any atom is -0.488 e. The number of halogens is 1. The van der Waals surface area contributed by atoms with Gasteiger partial charge in [-0.25, -0.2) is 4.39 Å². The Morgan fingerprint density at radius 2 is 1.58 bits per heavy atom. The standard InChI is InChI=1S/C10H13FO/c1-10(2,3)12-9-6-4-8(11)5-7-9/h4-7H,1-3H3/i11-1. The minimum atomic E-state index is -0.240. The van der Waals surface area contributed by atoms with E-state index in [1.54, 1.807) is 12.1 Å². The summed E-state index contributed by atoms with van der Waals surface area (Å²) < 4.78 is 18.0. The molecule has 0 bridgehead atoms. The lowest BCUT2D eigenvalue weighted by Gasteiger charge is -2.20. The van der Waals surface area contributed by atoms with Crippen molar-refractivity contribution in [2.24, 2.45) is 0 Å². The van der Waals surface area contributed by atoms with Gasteiger partial charge in [0.2, 0.25) is 0 Å². The highest BCUT2D eigenvalue weighted by Gasteiger charge is 2.10. The van der Waals surface area contributed by atoms with Crippen LogP contribution in [-0.2, 0) is 0 Å². The molecule has 0 saturated carbocycles. The van der Waals surface area contributed by atoms with Gasteiger partial charge in [0.1, 0.15) is 17.2 Å². The van der Waals surface area contributed by atoms with E-state index in [0.717, 1.165) is 0 Å². The van der Waals surface area contributed by atoms with Crippen LogP contribution >= 0.6 is 0 Å². The van der Waals surface area contributed by atoms with Crippen LogP contribution in [0.1, 0.15) is 20.8 Å². The molecule has 0 aromatic heterocycles. The summed E-state index contributed by atoms with van der Waals surface area (Å²) in [6.07, 6.45) is 0. The maximum atomic E-state index is 12.5. The van der Waals surface area contributed by atoms with Crippen LogP contribution in [0.5, 0.6) is 5.75 Å². The first-order chi connectivity index (χ1) is 5.47. The Balaban J connectivity index is 2.71. The van der Waals surface area contributed by atoms with Crippen LogP contribution in [0.2, 0.25) is 0 Å². The van der Waals surface area contributed by atoms with Crippen molar-refractivity contribution in [1.29, 1.82) is 0 Å². The van der Waals surface area contributed by atoms with E-state index in [2.05, 4.69) is 0 Å². The van der Waals surface area contributed by atoms with Gasteiger partial charge in [0.05, 0.1) is 0 Å². The highest BCUT2D eigenvalue weighted by Crippen LogP contribution is 2.17. The summed E-state index contributed by atoms with van der Waals surface area (Å²) in [6, 6.07) is 6.03. The predicted octanol–water partition coefficient (Wildman–Crippen LogP) is 3.00. The van der Waals surface area contributed by atoms with E-state index in [9.17, 15) is 4.39 Å². The van der Waals surface area contributed by atoms with Crippen molar-refractivity contribution in [3.8, 4) is 5.75 Å². The second kappa shape index (κ2) is 3.13. The third-order valence-electron chi connectivity index (χ3n) is 1.24. The van der Waals surface area contributed by atoms with E-state index in [4.69, 9.17) is 4.74 Å². The van der Waals surface area contributed by atoms with Crippen LogP contribution < -0.4 is 4.74 Å². The monoisotopic (exact) mass is 167 g/mol. The highest BCUT2D eigenvalue weighted by atomic mass is 18.2. The molecule has 66 valence electrons. The van der Waals surface area contributed by atoms with Crippen molar-refractivity contribution in [3.63, 3.8) is 0 Å². The summed E-state index contributed by atoms with van der Waals surface area (Å²) in [5, 5.41) is 0. The minimum absolute atomic E-state index is 0.224. The van der Waals surface area contributed by atoms with Gasteiger partial charge in [0.25, 0.3) is 0 Å². The van der Waals surface area contributed by atoms with E-state index in [-0.39, 0.29) is 11.4 Å². The van der Waals surface area contributed by atoms with E-state index >= 15 is 0 Å². The molecule has 0 spiro atoms. The van der Waals surface area contributed by atoms with E-state index in [1.807, 2.05) is 20.8 Å². The molecule has 0 heterocycles. The third-order valence-corrected chi connectivity index (χ3v) is 1.24. The zero-order valence-corrected chi connectivity index (χ0v) is 7.60. The van der Waals surface area contributed by atoms with Crippen LogP contribution in [0.15, 0.2) is 24.3 Å². The number of benzene rings is 1. The zero-order valence-electron chi connectivity index (χ0n) is 7.60. The molecule has 0 fully saturated rings. The maximum absolute atomic E-state index is 12.5. The second-order valence-electron chi connectivity index (χ2n) is 3.67. The Morgan fingerprint density at radius 3 is 2.00 bits per heavy atom. The average Bonchev–Trinajstić information content (AvgIpc) is 1.91. The summed E-state index contributed by atoms with van der Waals surface area (Å²) in [6.45, 7) is 5.86. The van der Waals surface area contributed by atoms with Gasteiger partial charge < -0.3 is 4.74 Å². The smallest absolute Gasteiger partial charge is 0.123 e. The third kappa shape index (κ3) is 2.91. The molecule has 0 aliphatic rings. The number of rotatable bonds is 1. The van der Waals surface area contributed by atoms with E-state index in [0.29, 0.717) is 5.75 Å². The molecule has 0 aliphatic heterocycles. The van der Waals surface area contributed by atoms with E-state index in [1.165, 1.54) is 12.1 Å². The van der Waals surface area contributed by atoms with E-state index < -0.39 is 0 Å². The summed E-state index contributed by atoms with van der Waals surface area (Å²) in [4.78, 5) is 0. The Bertz CT molecular complexity index is 246. The van der Waals surface area contributed by atoms with Crippen LogP contribution in [0.3, 0.4) is 0 Å². The number of hydrogen-bond donors (Lipinski definition) is 0. The molecular formula is C10H13FO. The summed E-state index contributed by atoms with van der Waals surface area (Å²) >= 11 is 0. The van der Waals surface area contributed by atoms with Gasteiger partial charge in [0.15, 0.2) is 0 Å². The first kappa shape index (κ1) is 9.04. The topological polar surface area (TPSA) is 9.23 Å². The molecule has 0 atom stereocenters. The zero-order chi connectivity index (χ0) is 9.19. The van der Waals surface area contributed by atoms with Crippen molar-refractivity contribution in [2.75, 3.05) is 0 Å². The highest BCUT2D eigenvalue weighted by molar-refractivity contribution is 5.22. The van der Waals surface area contributed by atoms with Gasteiger partial charge in [-0.3, -0.25) is 0 Å². The van der Waals surface area contributed by atoms with Gasteiger partial charge >= 0.3 is 0 Å². The first-order valence-electron chi connectivity index (χ1n) is 3.92. The Kier molecular flexibility index (Phi) is 2.36. The van der Waals surface area contributed by atoms with Gasteiger partial charge in [0, 0.05) is 0 Å². The van der Waals surface area contributed by atoms with Crippen LogP contribution in [-0.4, -0.2) is 5.60 Å². The average molecular weight is 167 g/mol. The summed E-state index contributed by atoms with van der Waals surface area (Å²) in [5.74, 6) is 0.458. The molecule has 0 aliphatic carbocycles. The van der Waals surface area contributed by atoms with Gasteiger partial charge in [-0.15, -0.1) is 0 Å². The molecule has 1 aromatic rings. The van der Waals surface area contributed by atoms with Crippen molar-refractivity contribution < 1.29 is 9.13 Å². The normalized spacial score (nSPS) is 11.3. The molecule has 0 saturated heterocycles. The Labute approximate surface area is 72.2 Å². The van der Waals surface area contributed by atoms with Crippen LogP contribution in [0.4, 0.5) is 4.39 Å². The lowest BCUT2D eigenvalue weighted by Crippen LogP contribution is -2.22. The number of ether oxygens (including phenoxy) is 1. The lowest BCUT2D eigenvalue weighted by atomic mass is 10.2. The molecule has 0 unspecified atom stereocenters. The largest absolute Gasteiger partial charge is 0.488 e. The van der Waals surface area contributed by atoms with Crippen molar-refractivity contribution in [1.82, 2.24) is 0 Å². The molecule has 12 heavy (non-hydrogen) atoms. The first-order valence-corrected chi connectivity index (χ1v) is 3.92. The molecular weight excluding hydrogens is 154 g/mol. The van der Waals surface area contributed by atoms with Crippen molar-refractivity contribution in [3.05, 3.63) is 30.1 Å². The second-order valence-corrected chi connectivity index (χ2v) is 3.67. The van der Waals surface area contributed by atoms with Crippen LogP contribution in [0, 0.1) is 5.82 Å². The van der Waals surface area contributed by atoms with Gasteiger partial charge in [-0.05, 0) is 45.0 Å². The SMILES string of the molecule is CC(C)(C)Oc1ccc([18F])cc1. The Hall–Kier alpha value is -1.05. The van der Waals surface area contributed by atoms with Crippen molar-refractivity contribution >= 4 is 0 Å². The quantitative estimate of drug-likeness (QED) is 0.624. The molecule has 1 rings (SSSR count). The fraction of sp³-hybridized carbons (Fsp3) is 0.400. The molecule has 2 heteroatoms. The molecule has 1 aromatic carbocycles. The lowest BCUT2D eigenvalue weighted by molar-refractivity contribution is 0.131. The molecule has 0 N–H and O–H groups in total. The molecule has 0 radical (unpaired) electrons. The fourth-order valence-electron chi connectivity index (χ4n) is 0.856. The molecule has 0 amide bonds. The summed E-state index contributed by atoms with van der Waals surface area (Å²) in [5.41, 5.74) is -0.224. The fourth-order valence-corrected chi connectivity index (χ4v) is 0.856. The number of hydrogen-bond acceptors (Lipinski definition) is 1. The van der Waals surface area contributed by atoms with Crippen molar-refractivity contribution in [2.45, 2.75) is 26.4 Å². The predicted molar refractivity (Wildman–Crippen MR) is 46.8 cm³/mol. The van der Waals surface area contributed by atoms with Gasteiger partial charge in [-0.2, -0.15) is 0 Å². The van der Waals surface area contributed by atoms with Gasteiger partial charge in [-0.1, -0.05) is 0 Å².